The molecule has 0 radical (unpaired) electrons. The summed E-state index contributed by atoms with van der Waals surface area (Å²) in [6.07, 6.45) is 5.46. The first-order chi connectivity index (χ1) is 8.74. The molecule has 0 spiro atoms. The summed E-state index contributed by atoms with van der Waals surface area (Å²) >= 11 is 0. The second kappa shape index (κ2) is 4.75. The zero-order chi connectivity index (χ0) is 12.5. The van der Waals surface area contributed by atoms with E-state index < -0.39 is 0 Å². The van der Waals surface area contributed by atoms with Crippen LogP contribution in [-0.2, 0) is 0 Å². The summed E-state index contributed by atoms with van der Waals surface area (Å²) in [5, 5.41) is 3.51. The molecule has 1 aromatic heterocycles. The zero-order valence-corrected chi connectivity index (χ0v) is 11.1. The van der Waals surface area contributed by atoms with Gasteiger partial charge in [0.25, 0.3) is 0 Å². The molecule has 4 nitrogen and oxygen atoms in total. The van der Waals surface area contributed by atoms with Crippen LogP contribution < -0.4 is 10.1 Å². The Bertz CT molecular complexity index is 435. The highest BCUT2D eigenvalue weighted by atomic mass is 16.5. The molecule has 0 saturated heterocycles. The van der Waals surface area contributed by atoms with Crippen molar-refractivity contribution in [3.8, 4) is 5.88 Å². The second-order valence-corrected chi connectivity index (χ2v) is 5.53. The van der Waals surface area contributed by atoms with Crippen LogP contribution in [0, 0.1) is 18.8 Å². The molecule has 3 atom stereocenters. The summed E-state index contributed by atoms with van der Waals surface area (Å²) in [5.74, 6) is 3.17. The molecule has 2 aliphatic rings. The van der Waals surface area contributed by atoms with Crippen molar-refractivity contribution in [1.29, 1.82) is 0 Å². The second-order valence-electron chi connectivity index (χ2n) is 5.53. The summed E-state index contributed by atoms with van der Waals surface area (Å²) in [5.41, 5.74) is 0.958. The third-order valence-corrected chi connectivity index (χ3v) is 4.18. The van der Waals surface area contributed by atoms with Crippen molar-refractivity contribution in [2.24, 2.45) is 11.8 Å². The molecule has 0 aliphatic heterocycles. The number of rotatable bonds is 4. The van der Waals surface area contributed by atoms with Gasteiger partial charge in [-0.1, -0.05) is 6.42 Å². The topological polar surface area (TPSA) is 47.0 Å². The van der Waals surface area contributed by atoms with Gasteiger partial charge in [-0.05, 0) is 44.9 Å². The van der Waals surface area contributed by atoms with E-state index >= 15 is 0 Å². The van der Waals surface area contributed by atoms with Crippen LogP contribution in [0.15, 0.2) is 6.07 Å². The molecular formula is C14H21N3O. The first kappa shape index (κ1) is 11.8. The molecule has 1 aromatic rings. The monoisotopic (exact) mass is 247 g/mol. The number of aryl methyl sites for hydroxylation is 1. The fourth-order valence-electron chi connectivity index (χ4n) is 3.41. The molecule has 18 heavy (non-hydrogen) atoms. The molecule has 2 bridgehead atoms. The van der Waals surface area contributed by atoms with Crippen LogP contribution in [0.3, 0.4) is 0 Å². The zero-order valence-electron chi connectivity index (χ0n) is 11.1. The van der Waals surface area contributed by atoms with Crippen molar-refractivity contribution in [2.45, 2.75) is 45.6 Å². The third kappa shape index (κ3) is 2.28. The minimum atomic E-state index is 0.569. The van der Waals surface area contributed by atoms with Crippen molar-refractivity contribution in [2.75, 3.05) is 11.9 Å². The maximum absolute atomic E-state index is 5.46. The van der Waals surface area contributed by atoms with Gasteiger partial charge in [0.1, 0.15) is 0 Å². The molecule has 2 fully saturated rings. The number of nitrogens with zero attached hydrogens (tertiary/aromatic N) is 2. The molecule has 2 saturated carbocycles. The fraction of sp³-hybridized carbons (Fsp3) is 0.714. The Balaban J connectivity index is 1.72. The van der Waals surface area contributed by atoms with E-state index in [1.54, 1.807) is 0 Å². The average molecular weight is 247 g/mol. The average Bonchev–Trinajstić information content (AvgIpc) is 2.90. The summed E-state index contributed by atoms with van der Waals surface area (Å²) in [4.78, 5) is 8.89. The summed E-state index contributed by atoms with van der Waals surface area (Å²) < 4.78 is 5.46. The van der Waals surface area contributed by atoms with Crippen LogP contribution in [-0.4, -0.2) is 22.6 Å². The lowest BCUT2D eigenvalue weighted by molar-refractivity contribution is 0.326. The minimum absolute atomic E-state index is 0.569. The van der Waals surface area contributed by atoms with Crippen molar-refractivity contribution in [1.82, 2.24) is 9.97 Å². The van der Waals surface area contributed by atoms with E-state index in [-0.39, 0.29) is 0 Å². The van der Waals surface area contributed by atoms with E-state index in [0.717, 1.165) is 23.5 Å². The SMILES string of the molecule is CCOc1cc(C)nc(NC2CC3CCC2C3)n1. The molecule has 3 unspecified atom stereocenters. The number of fused-ring (bicyclic) bond motifs is 2. The fourth-order valence-corrected chi connectivity index (χ4v) is 3.41. The molecule has 2 aliphatic carbocycles. The Morgan fingerprint density at radius 2 is 2.22 bits per heavy atom. The van der Waals surface area contributed by atoms with Crippen LogP contribution in [0.25, 0.3) is 0 Å². The number of ether oxygens (including phenoxy) is 1. The highest BCUT2D eigenvalue weighted by Gasteiger charge is 2.39. The molecule has 4 heteroatoms. The van der Waals surface area contributed by atoms with Crippen LogP contribution in [0.4, 0.5) is 5.95 Å². The third-order valence-electron chi connectivity index (χ3n) is 4.18. The standard InChI is InChI=1S/C14H21N3O/c1-3-18-13-6-9(2)15-14(17-13)16-12-8-10-4-5-11(12)7-10/h6,10-12H,3-5,7-8H2,1-2H3,(H,15,16,17). The van der Waals surface area contributed by atoms with E-state index in [4.69, 9.17) is 4.74 Å². The van der Waals surface area contributed by atoms with Gasteiger partial charge in [-0.25, -0.2) is 4.98 Å². The summed E-state index contributed by atoms with van der Waals surface area (Å²) in [6.45, 7) is 4.60. The van der Waals surface area contributed by atoms with Gasteiger partial charge < -0.3 is 10.1 Å². The molecule has 1 heterocycles. The van der Waals surface area contributed by atoms with Crippen LogP contribution >= 0.6 is 0 Å². The lowest BCUT2D eigenvalue weighted by Gasteiger charge is -2.23. The Morgan fingerprint density at radius 1 is 1.33 bits per heavy atom. The molecule has 1 N–H and O–H groups in total. The number of nitrogens with one attached hydrogen (secondary N) is 1. The van der Waals surface area contributed by atoms with Crippen LogP contribution in [0.2, 0.25) is 0 Å². The van der Waals surface area contributed by atoms with Gasteiger partial charge in [0.15, 0.2) is 0 Å². The normalized spacial score (nSPS) is 29.6. The van der Waals surface area contributed by atoms with Gasteiger partial charge in [0, 0.05) is 17.8 Å². The number of anilines is 1. The molecule has 0 aromatic carbocycles. The van der Waals surface area contributed by atoms with Gasteiger partial charge in [-0.3, -0.25) is 0 Å². The van der Waals surface area contributed by atoms with E-state index in [0.29, 0.717) is 18.5 Å². The van der Waals surface area contributed by atoms with Crippen molar-refractivity contribution >= 4 is 5.95 Å². The van der Waals surface area contributed by atoms with Gasteiger partial charge >= 0.3 is 0 Å². The number of aromatic nitrogens is 2. The summed E-state index contributed by atoms with van der Waals surface area (Å²) in [7, 11) is 0. The Morgan fingerprint density at radius 3 is 2.89 bits per heavy atom. The molecule has 0 amide bonds. The van der Waals surface area contributed by atoms with Crippen LogP contribution in [0.1, 0.15) is 38.3 Å². The van der Waals surface area contributed by atoms with Crippen LogP contribution in [0.5, 0.6) is 5.88 Å². The van der Waals surface area contributed by atoms with Crippen molar-refractivity contribution in [3.05, 3.63) is 11.8 Å². The van der Waals surface area contributed by atoms with E-state index in [1.165, 1.54) is 25.7 Å². The van der Waals surface area contributed by atoms with Crippen molar-refractivity contribution in [3.63, 3.8) is 0 Å². The predicted molar refractivity (Wildman–Crippen MR) is 70.8 cm³/mol. The van der Waals surface area contributed by atoms with Gasteiger partial charge in [0.2, 0.25) is 11.8 Å². The molecular weight excluding hydrogens is 226 g/mol. The minimum Gasteiger partial charge on any atom is -0.478 e. The Labute approximate surface area is 108 Å². The largest absolute Gasteiger partial charge is 0.478 e. The van der Waals surface area contributed by atoms with E-state index in [9.17, 15) is 0 Å². The maximum atomic E-state index is 5.46. The van der Waals surface area contributed by atoms with Crippen molar-refractivity contribution < 1.29 is 4.74 Å². The molecule has 3 rings (SSSR count). The van der Waals surface area contributed by atoms with Gasteiger partial charge in [-0.15, -0.1) is 0 Å². The maximum Gasteiger partial charge on any atom is 0.226 e. The summed E-state index contributed by atoms with van der Waals surface area (Å²) in [6, 6.07) is 2.45. The van der Waals surface area contributed by atoms with E-state index in [1.807, 2.05) is 19.9 Å². The predicted octanol–water partition coefficient (Wildman–Crippen LogP) is 2.78. The van der Waals surface area contributed by atoms with Gasteiger partial charge in [-0.2, -0.15) is 4.98 Å². The lowest BCUT2D eigenvalue weighted by atomic mass is 9.95. The Hall–Kier alpha value is -1.32. The highest BCUT2D eigenvalue weighted by Crippen LogP contribution is 2.45. The first-order valence-corrected chi connectivity index (χ1v) is 6.99. The van der Waals surface area contributed by atoms with Gasteiger partial charge in [0.05, 0.1) is 6.61 Å². The number of hydrogen-bond acceptors (Lipinski definition) is 4. The number of hydrogen-bond donors (Lipinski definition) is 1. The quantitative estimate of drug-likeness (QED) is 0.888. The highest BCUT2D eigenvalue weighted by molar-refractivity contribution is 5.32. The Kier molecular flexibility index (Phi) is 3.10. The smallest absolute Gasteiger partial charge is 0.226 e. The van der Waals surface area contributed by atoms with E-state index in [2.05, 4.69) is 15.3 Å². The first-order valence-electron chi connectivity index (χ1n) is 6.99. The lowest BCUT2D eigenvalue weighted by Crippen LogP contribution is -2.27. The molecule has 98 valence electrons.